The predicted molar refractivity (Wildman–Crippen MR) is 101 cm³/mol. The fraction of sp³-hybridized carbons (Fsp3) is 0.450. The van der Waals surface area contributed by atoms with Crippen LogP contribution in [-0.4, -0.2) is 43.1 Å². The zero-order valence-corrected chi connectivity index (χ0v) is 16.2. The number of aromatic nitrogens is 1. The number of hydrogen-bond acceptors (Lipinski definition) is 4. The maximum atomic E-state index is 12.4. The zero-order valence-electron chi connectivity index (χ0n) is 16.2. The first-order chi connectivity index (χ1) is 12.4. The summed E-state index contributed by atoms with van der Waals surface area (Å²) < 4.78 is 4.99. The highest BCUT2D eigenvalue weighted by Crippen LogP contribution is 2.23. The lowest BCUT2D eigenvalue weighted by Crippen LogP contribution is -3.11. The normalized spacial score (nSPS) is 12.2. The first-order valence-corrected chi connectivity index (χ1v) is 8.96. The second kappa shape index (κ2) is 8.76. The molecule has 26 heavy (non-hydrogen) atoms. The van der Waals surface area contributed by atoms with Crippen LogP contribution in [0.15, 0.2) is 24.3 Å². The maximum Gasteiger partial charge on any atom is 0.340 e. The van der Waals surface area contributed by atoms with Crippen molar-refractivity contribution in [2.45, 2.75) is 40.3 Å². The van der Waals surface area contributed by atoms with Crippen molar-refractivity contribution in [2.24, 2.45) is 0 Å². The van der Waals surface area contributed by atoms with Gasteiger partial charge in [-0.25, -0.2) is 9.78 Å². The number of carbonyl (C=O) groups excluding carboxylic acids is 2. The van der Waals surface area contributed by atoms with Gasteiger partial charge in [0.05, 0.1) is 24.7 Å². The highest BCUT2D eigenvalue weighted by atomic mass is 16.5. The second-order valence-corrected chi connectivity index (χ2v) is 6.75. The van der Waals surface area contributed by atoms with E-state index in [1.807, 2.05) is 52.0 Å². The van der Waals surface area contributed by atoms with Gasteiger partial charge < -0.3 is 15.0 Å². The van der Waals surface area contributed by atoms with E-state index in [1.54, 1.807) is 0 Å². The van der Waals surface area contributed by atoms with Gasteiger partial charge in [0.15, 0.2) is 6.54 Å². The van der Waals surface area contributed by atoms with E-state index in [9.17, 15) is 9.59 Å². The lowest BCUT2D eigenvalue weighted by Gasteiger charge is -2.20. The molecule has 1 amide bonds. The van der Waals surface area contributed by atoms with Crippen molar-refractivity contribution < 1.29 is 19.2 Å². The van der Waals surface area contributed by atoms with Gasteiger partial charge in [0.2, 0.25) is 0 Å². The Bertz CT molecular complexity index is 802. The molecule has 6 heteroatoms. The number of rotatable bonds is 7. The summed E-state index contributed by atoms with van der Waals surface area (Å²) in [7, 11) is 1.38. The molecule has 0 fully saturated rings. The number of methoxy groups -OCH3 is 1. The van der Waals surface area contributed by atoms with Crippen molar-refractivity contribution in [3.05, 3.63) is 41.1 Å². The Morgan fingerprint density at radius 2 is 1.96 bits per heavy atom. The molecule has 2 N–H and O–H groups in total. The Morgan fingerprint density at radius 3 is 2.58 bits per heavy atom. The molecule has 2 aromatic rings. The highest BCUT2D eigenvalue weighted by molar-refractivity contribution is 5.98. The van der Waals surface area contributed by atoms with Crippen LogP contribution in [-0.2, 0) is 16.1 Å². The summed E-state index contributed by atoms with van der Waals surface area (Å²) in [4.78, 5) is 30.3. The highest BCUT2D eigenvalue weighted by Gasteiger charge is 2.23. The van der Waals surface area contributed by atoms with Crippen LogP contribution in [0.3, 0.4) is 0 Å². The van der Waals surface area contributed by atoms with Crippen LogP contribution in [0.25, 0.3) is 10.9 Å². The van der Waals surface area contributed by atoms with E-state index in [0.717, 1.165) is 27.9 Å². The number of fused-ring (bicyclic) bond motifs is 1. The number of nitrogens with zero attached hydrogens (tertiary/aromatic N) is 1. The molecule has 0 saturated heterocycles. The minimum absolute atomic E-state index is 0.00557. The van der Waals surface area contributed by atoms with Crippen molar-refractivity contribution >= 4 is 22.8 Å². The van der Waals surface area contributed by atoms with Gasteiger partial charge in [-0.1, -0.05) is 18.2 Å². The number of amides is 1. The number of nitrogens with one attached hydrogen (secondary N) is 2. The summed E-state index contributed by atoms with van der Waals surface area (Å²) >= 11 is 0. The number of carbonyl (C=O) groups is 2. The number of benzene rings is 1. The average molecular weight is 358 g/mol. The first-order valence-electron chi connectivity index (χ1n) is 8.96. The molecule has 1 unspecified atom stereocenters. The molecule has 1 aromatic heterocycles. The van der Waals surface area contributed by atoms with Crippen LogP contribution in [0.2, 0.25) is 0 Å². The Labute approximate surface area is 154 Å². The second-order valence-electron chi connectivity index (χ2n) is 6.75. The number of hydrogen-bond donors (Lipinski definition) is 2. The van der Waals surface area contributed by atoms with Crippen LogP contribution in [0.5, 0.6) is 0 Å². The largest absolute Gasteiger partial charge is 0.465 e. The summed E-state index contributed by atoms with van der Waals surface area (Å²) in [5.41, 5.74) is 2.87. The lowest BCUT2D eigenvalue weighted by molar-refractivity contribution is -0.904. The molecule has 1 heterocycles. The number of aryl methyl sites for hydroxylation is 1. The molecule has 0 bridgehead atoms. The molecule has 1 atom stereocenters. The van der Waals surface area contributed by atoms with E-state index in [0.29, 0.717) is 24.3 Å². The quantitative estimate of drug-likeness (QED) is 0.731. The molecule has 0 saturated carbocycles. The van der Waals surface area contributed by atoms with E-state index < -0.39 is 5.97 Å². The average Bonchev–Trinajstić information content (AvgIpc) is 2.60. The molecule has 0 spiro atoms. The molecule has 2 rings (SSSR count). The number of quaternary nitrogens is 1. The summed E-state index contributed by atoms with van der Waals surface area (Å²) in [6, 6.07) is 7.85. The van der Waals surface area contributed by atoms with Crippen molar-refractivity contribution in [1.29, 1.82) is 0 Å². The standard InChI is InChI=1S/C20H27N3O3/c1-6-23(12-18(24)21-13(2)3)11-17-19(20(25)26-5)14(4)15-9-7-8-10-16(15)22-17/h7-10,13H,6,11-12H2,1-5H3,(H,21,24)/p+1. The van der Waals surface area contributed by atoms with Crippen molar-refractivity contribution in [3.63, 3.8) is 0 Å². The number of ether oxygens (including phenoxy) is 1. The van der Waals surface area contributed by atoms with Gasteiger partial charge in [-0.2, -0.15) is 0 Å². The van der Waals surface area contributed by atoms with Crippen LogP contribution in [0.1, 0.15) is 42.4 Å². The molecule has 140 valence electrons. The maximum absolute atomic E-state index is 12.4. The molecule has 0 radical (unpaired) electrons. The van der Waals surface area contributed by atoms with Gasteiger partial charge in [-0.15, -0.1) is 0 Å². The SMILES string of the molecule is CC[NH+](CC(=O)NC(C)C)Cc1nc2ccccc2c(C)c1C(=O)OC. The van der Waals surface area contributed by atoms with Crippen molar-refractivity contribution in [1.82, 2.24) is 10.3 Å². The van der Waals surface area contributed by atoms with E-state index in [2.05, 4.69) is 5.32 Å². The van der Waals surface area contributed by atoms with Gasteiger partial charge in [-0.3, -0.25) is 4.79 Å². The Kier molecular flexibility index (Phi) is 6.69. The fourth-order valence-electron chi connectivity index (χ4n) is 3.09. The third kappa shape index (κ3) is 4.58. The van der Waals surface area contributed by atoms with Crippen LogP contribution < -0.4 is 10.2 Å². The summed E-state index contributed by atoms with van der Waals surface area (Å²) in [5.74, 6) is -0.396. The van der Waals surface area contributed by atoms with Gasteiger partial charge in [-0.05, 0) is 39.3 Å². The molecule has 1 aromatic carbocycles. The smallest absolute Gasteiger partial charge is 0.340 e. The van der Waals surface area contributed by atoms with E-state index in [1.165, 1.54) is 7.11 Å². The molecule has 0 aliphatic carbocycles. The van der Waals surface area contributed by atoms with E-state index in [4.69, 9.17) is 9.72 Å². The van der Waals surface area contributed by atoms with E-state index in [-0.39, 0.29) is 11.9 Å². The van der Waals surface area contributed by atoms with Crippen LogP contribution >= 0.6 is 0 Å². The van der Waals surface area contributed by atoms with Crippen LogP contribution in [0.4, 0.5) is 0 Å². The minimum atomic E-state index is -0.391. The molecule has 6 nitrogen and oxygen atoms in total. The van der Waals surface area contributed by atoms with Crippen LogP contribution in [0, 0.1) is 6.92 Å². The topological polar surface area (TPSA) is 72.7 Å². The number of esters is 1. The third-order valence-electron chi connectivity index (χ3n) is 4.39. The molecule has 0 aliphatic rings. The Morgan fingerprint density at radius 1 is 1.27 bits per heavy atom. The third-order valence-corrected chi connectivity index (χ3v) is 4.39. The van der Waals surface area contributed by atoms with Gasteiger partial charge in [0.25, 0.3) is 5.91 Å². The zero-order chi connectivity index (χ0) is 19.3. The summed E-state index contributed by atoms with van der Waals surface area (Å²) in [6.07, 6.45) is 0. The predicted octanol–water partition coefficient (Wildman–Crippen LogP) is 1.26. The molecular formula is C20H28N3O3+. The molecule has 0 aliphatic heterocycles. The van der Waals surface area contributed by atoms with Gasteiger partial charge in [0.1, 0.15) is 12.2 Å². The molecular weight excluding hydrogens is 330 g/mol. The monoisotopic (exact) mass is 358 g/mol. The Hall–Kier alpha value is -2.47. The Balaban J connectivity index is 2.40. The summed E-state index contributed by atoms with van der Waals surface area (Å²) in [6.45, 7) is 9.38. The minimum Gasteiger partial charge on any atom is -0.465 e. The van der Waals surface area contributed by atoms with Crippen molar-refractivity contribution in [2.75, 3.05) is 20.2 Å². The van der Waals surface area contributed by atoms with Gasteiger partial charge >= 0.3 is 5.97 Å². The summed E-state index contributed by atoms with van der Waals surface area (Å²) in [5, 5.41) is 3.85. The number of para-hydroxylation sites is 1. The first kappa shape index (κ1) is 19.8. The van der Waals surface area contributed by atoms with Gasteiger partial charge in [0, 0.05) is 11.4 Å². The van der Waals surface area contributed by atoms with E-state index >= 15 is 0 Å². The van der Waals surface area contributed by atoms with Crippen molar-refractivity contribution in [3.8, 4) is 0 Å². The number of pyridine rings is 1. The number of likely N-dealkylation sites (N-methyl/N-ethyl adjacent to an activating group) is 1. The lowest BCUT2D eigenvalue weighted by atomic mass is 10.0. The fourth-order valence-corrected chi connectivity index (χ4v) is 3.09.